The first-order valence-electron chi connectivity index (χ1n) is 10.2. The summed E-state index contributed by atoms with van der Waals surface area (Å²) in [5.74, 6) is 1.35. The molecule has 4 nitrogen and oxygen atoms in total. The van der Waals surface area contributed by atoms with Gasteiger partial charge >= 0.3 is 0 Å². The van der Waals surface area contributed by atoms with E-state index in [4.69, 9.17) is 0 Å². The number of carbonyl (C=O) groups excluding carboxylic acids is 1. The van der Waals surface area contributed by atoms with Crippen molar-refractivity contribution < 1.29 is 20.1 Å². The molecule has 0 bridgehead atoms. The van der Waals surface area contributed by atoms with Gasteiger partial charge in [-0.2, -0.15) is 0 Å². The van der Waals surface area contributed by atoms with Crippen LogP contribution in [0.1, 0.15) is 72.1 Å². The van der Waals surface area contributed by atoms with Gasteiger partial charge in [0.05, 0.1) is 12.2 Å². The lowest BCUT2D eigenvalue weighted by atomic mass is 9.43. The molecule has 4 aliphatic carbocycles. The van der Waals surface area contributed by atoms with Crippen LogP contribution in [0.25, 0.3) is 0 Å². The highest BCUT2D eigenvalue weighted by Crippen LogP contribution is 2.68. The summed E-state index contributed by atoms with van der Waals surface area (Å²) in [7, 11) is 0. The van der Waals surface area contributed by atoms with Crippen LogP contribution >= 0.6 is 0 Å². The maximum absolute atomic E-state index is 12.3. The van der Waals surface area contributed by atoms with Crippen molar-refractivity contribution in [2.45, 2.75) is 89.9 Å². The maximum atomic E-state index is 12.3. The summed E-state index contributed by atoms with van der Waals surface area (Å²) in [5, 5.41) is 32.2. The summed E-state index contributed by atoms with van der Waals surface area (Å²) in [6, 6.07) is 0. The highest BCUT2D eigenvalue weighted by atomic mass is 16.3. The van der Waals surface area contributed by atoms with E-state index in [0.29, 0.717) is 24.2 Å². The molecule has 4 rings (SSSR count). The SMILES string of the molecule is CC(=O)[C@@]1(O)CC[C@@H]2[C@@H]3C[C@H](O)[C@@H]4C[C@H](O)CC[C@]4(C)[C@@H]3CC[C@@]21C. The molecule has 0 spiro atoms. The second-order valence-electron chi connectivity index (χ2n) is 10.1. The van der Waals surface area contributed by atoms with Crippen LogP contribution < -0.4 is 0 Å². The first kappa shape index (κ1) is 17.9. The number of aliphatic hydroxyl groups is 3. The summed E-state index contributed by atoms with van der Waals surface area (Å²) in [6.07, 6.45) is 6.07. The first-order valence-corrected chi connectivity index (χ1v) is 10.2. The fourth-order valence-corrected chi connectivity index (χ4v) is 7.87. The van der Waals surface area contributed by atoms with Gasteiger partial charge in [0.2, 0.25) is 0 Å². The van der Waals surface area contributed by atoms with Crippen molar-refractivity contribution in [3.05, 3.63) is 0 Å². The molecule has 0 radical (unpaired) electrons. The van der Waals surface area contributed by atoms with E-state index >= 15 is 0 Å². The summed E-state index contributed by atoms with van der Waals surface area (Å²) in [5.41, 5.74) is -1.45. The van der Waals surface area contributed by atoms with E-state index in [1.807, 2.05) is 0 Å². The minimum atomic E-state index is -1.19. The minimum absolute atomic E-state index is 0.0832. The monoisotopic (exact) mass is 350 g/mol. The zero-order valence-electron chi connectivity index (χ0n) is 15.9. The van der Waals surface area contributed by atoms with Crippen LogP contribution in [-0.4, -0.2) is 38.9 Å². The van der Waals surface area contributed by atoms with E-state index in [9.17, 15) is 20.1 Å². The molecule has 0 aromatic carbocycles. The summed E-state index contributed by atoms with van der Waals surface area (Å²) in [6.45, 7) is 5.99. The second-order valence-corrected chi connectivity index (χ2v) is 10.1. The molecule has 9 atom stereocenters. The van der Waals surface area contributed by atoms with Gasteiger partial charge in [0.15, 0.2) is 5.78 Å². The lowest BCUT2D eigenvalue weighted by Crippen LogP contribution is -2.61. The van der Waals surface area contributed by atoms with E-state index in [-0.39, 0.29) is 34.7 Å². The molecule has 4 saturated carbocycles. The quantitative estimate of drug-likeness (QED) is 0.679. The number of hydrogen-bond acceptors (Lipinski definition) is 4. The van der Waals surface area contributed by atoms with Crippen molar-refractivity contribution in [1.29, 1.82) is 0 Å². The van der Waals surface area contributed by atoms with Gasteiger partial charge in [-0.15, -0.1) is 0 Å². The molecule has 0 saturated heterocycles. The molecule has 0 heterocycles. The molecule has 4 fully saturated rings. The van der Waals surface area contributed by atoms with E-state index in [1.54, 1.807) is 0 Å². The zero-order valence-corrected chi connectivity index (χ0v) is 15.9. The molecule has 4 aliphatic rings. The Morgan fingerprint density at radius 2 is 1.60 bits per heavy atom. The standard InChI is InChI=1S/C21H34O4/c1-12(22)21(25)9-6-16-14-11-18(24)17-10-13(23)4-7-19(17,2)15(14)5-8-20(16,21)3/h13-18,23-25H,4-11H2,1-3H3/t13-,14-,15-,16-,17+,18+,19-,20+,21+/m1/s1. The smallest absolute Gasteiger partial charge is 0.161 e. The number of ketones is 1. The number of hydrogen-bond donors (Lipinski definition) is 3. The third-order valence-corrected chi connectivity index (χ3v) is 9.39. The van der Waals surface area contributed by atoms with Crippen molar-refractivity contribution in [1.82, 2.24) is 0 Å². The minimum Gasteiger partial charge on any atom is -0.393 e. The van der Waals surface area contributed by atoms with Crippen LogP contribution in [0.2, 0.25) is 0 Å². The molecular weight excluding hydrogens is 316 g/mol. The van der Waals surface area contributed by atoms with Crippen LogP contribution in [0, 0.1) is 34.5 Å². The number of carbonyl (C=O) groups is 1. The molecule has 25 heavy (non-hydrogen) atoms. The van der Waals surface area contributed by atoms with Gasteiger partial charge in [-0.1, -0.05) is 13.8 Å². The van der Waals surface area contributed by atoms with Gasteiger partial charge in [0.1, 0.15) is 5.60 Å². The van der Waals surface area contributed by atoms with E-state index in [1.165, 1.54) is 6.92 Å². The van der Waals surface area contributed by atoms with Crippen molar-refractivity contribution in [3.63, 3.8) is 0 Å². The molecule has 0 amide bonds. The van der Waals surface area contributed by atoms with Crippen molar-refractivity contribution in [3.8, 4) is 0 Å². The van der Waals surface area contributed by atoms with Gasteiger partial charge < -0.3 is 15.3 Å². The van der Waals surface area contributed by atoms with Crippen LogP contribution in [0.5, 0.6) is 0 Å². The largest absolute Gasteiger partial charge is 0.393 e. The van der Waals surface area contributed by atoms with E-state index in [2.05, 4.69) is 13.8 Å². The summed E-state index contributed by atoms with van der Waals surface area (Å²) in [4.78, 5) is 12.3. The van der Waals surface area contributed by atoms with Crippen molar-refractivity contribution in [2.24, 2.45) is 34.5 Å². The van der Waals surface area contributed by atoms with Crippen LogP contribution in [-0.2, 0) is 4.79 Å². The lowest BCUT2D eigenvalue weighted by molar-refractivity contribution is -0.189. The Balaban J connectivity index is 1.68. The molecule has 0 aliphatic heterocycles. The van der Waals surface area contributed by atoms with Crippen molar-refractivity contribution >= 4 is 5.78 Å². The zero-order chi connectivity index (χ0) is 18.2. The number of fused-ring (bicyclic) bond motifs is 5. The normalized spacial score (nSPS) is 58.2. The lowest BCUT2D eigenvalue weighted by Gasteiger charge is -2.62. The Kier molecular flexibility index (Phi) is 3.97. The Hall–Kier alpha value is -0.450. The number of Topliss-reactive ketones (excluding diaryl/α,β-unsaturated/α-hetero) is 1. The second kappa shape index (κ2) is 5.53. The van der Waals surface area contributed by atoms with Gasteiger partial charge in [-0.3, -0.25) is 4.79 Å². The highest BCUT2D eigenvalue weighted by Gasteiger charge is 2.67. The van der Waals surface area contributed by atoms with Gasteiger partial charge in [0.25, 0.3) is 0 Å². The van der Waals surface area contributed by atoms with Gasteiger partial charge in [0, 0.05) is 5.41 Å². The van der Waals surface area contributed by atoms with Crippen LogP contribution in [0.15, 0.2) is 0 Å². The fraction of sp³-hybridized carbons (Fsp3) is 0.952. The Morgan fingerprint density at radius 3 is 2.28 bits per heavy atom. The molecule has 0 unspecified atom stereocenters. The predicted molar refractivity (Wildman–Crippen MR) is 94.8 cm³/mol. The number of rotatable bonds is 1. The van der Waals surface area contributed by atoms with E-state index < -0.39 is 5.60 Å². The maximum Gasteiger partial charge on any atom is 0.161 e. The third kappa shape index (κ3) is 2.20. The highest BCUT2D eigenvalue weighted by molar-refractivity contribution is 5.86. The molecule has 4 heteroatoms. The molecular formula is C21H34O4. The van der Waals surface area contributed by atoms with Crippen molar-refractivity contribution in [2.75, 3.05) is 0 Å². The fourth-order valence-electron chi connectivity index (χ4n) is 7.87. The Bertz CT molecular complexity index is 576. The van der Waals surface area contributed by atoms with Gasteiger partial charge in [-0.25, -0.2) is 0 Å². The predicted octanol–water partition coefficient (Wildman–Crippen LogP) is 2.68. The Morgan fingerprint density at radius 1 is 0.920 bits per heavy atom. The molecule has 3 N–H and O–H groups in total. The topological polar surface area (TPSA) is 77.8 Å². The summed E-state index contributed by atoms with van der Waals surface area (Å²) < 4.78 is 0. The molecule has 142 valence electrons. The van der Waals surface area contributed by atoms with E-state index in [0.717, 1.165) is 44.9 Å². The van der Waals surface area contributed by atoms with Gasteiger partial charge in [-0.05, 0) is 87.4 Å². The summed E-state index contributed by atoms with van der Waals surface area (Å²) >= 11 is 0. The molecule has 0 aromatic rings. The first-order chi connectivity index (χ1) is 11.6. The Labute approximate surface area is 151 Å². The third-order valence-electron chi connectivity index (χ3n) is 9.39. The van der Waals surface area contributed by atoms with Crippen LogP contribution in [0.4, 0.5) is 0 Å². The number of aliphatic hydroxyl groups excluding tert-OH is 2. The average Bonchev–Trinajstić information content (AvgIpc) is 2.83. The average molecular weight is 350 g/mol. The van der Waals surface area contributed by atoms with Crippen LogP contribution in [0.3, 0.4) is 0 Å². The molecule has 0 aromatic heterocycles.